The molecule has 0 radical (unpaired) electrons. The maximum absolute atomic E-state index is 14.0. The number of rotatable bonds is 6. The lowest BCUT2D eigenvalue weighted by atomic mass is 10.1. The van der Waals surface area contributed by atoms with Gasteiger partial charge in [0.25, 0.3) is 0 Å². The van der Waals surface area contributed by atoms with Crippen LogP contribution < -0.4 is 10.5 Å². The molecule has 2 N–H and O–H groups in total. The second-order valence-electron chi connectivity index (χ2n) is 7.37. The lowest BCUT2D eigenvalue weighted by molar-refractivity contribution is 0.0322. The van der Waals surface area contributed by atoms with E-state index in [-0.39, 0.29) is 11.7 Å². The van der Waals surface area contributed by atoms with E-state index in [1.165, 1.54) is 13.1 Å². The second-order valence-corrected chi connectivity index (χ2v) is 7.37. The number of morpholine rings is 1. The van der Waals surface area contributed by atoms with Gasteiger partial charge in [0.05, 0.1) is 18.8 Å². The number of aromatic nitrogens is 2. The Bertz CT molecular complexity index is 1180. The van der Waals surface area contributed by atoms with Crippen LogP contribution in [0.1, 0.15) is 27.7 Å². The van der Waals surface area contributed by atoms with Gasteiger partial charge in [-0.05, 0) is 42.9 Å². The van der Waals surface area contributed by atoms with Gasteiger partial charge in [-0.25, -0.2) is 9.37 Å². The van der Waals surface area contributed by atoms with E-state index >= 15 is 0 Å². The minimum absolute atomic E-state index is 0.224. The average Bonchev–Trinajstić information content (AvgIpc) is 3.41. The first kappa shape index (κ1) is 29.9. The van der Waals surface area contributed by atoms with Gasteiger partial charge in [-0.3, -0.25) is 4.90 Å². The lowest BCUT2D eigenvalue weighted by Crippen LogP contribution is -2.38. The molecule has 5 rings (SSSR count). The quantitative estimate of drug-likeness (QED) is 0.339. The normalized spacial score (nSPS) is 12.8. The van der Waals surface area contributed by atoms with Gasteiger partial charge < -0.3 is 19.6 Å². The highest BCUT2D eigenvalue weighted by molar-refractivity contribution is 5.78. The standard InChI is InChI=1S/C24H22FN3O3.2C2H6.CH5N/c25-21-4-2-1-3-20(21)24-27-23-22(31-24)15-18(16-26-23)17-5-7-19(8-6-17)30-14-11-28-9-12-29-13-10-28;3*1-2/h1-8,15-16H,9-14H2;2*1-2H3;2H2,1H3. The maximum Gasteiger partial charge on any atom is 0.231 e. The molecule has 0 spiro atoms. The van der Waals surface area contributed by atoms with Gasteiger partial charge in [-0.15, -0.1) is 0 Å². The third-order valence-electron chi connectivity index (χ3n) is 5.32. The molecule has 2 aromatic carbocycles. The van der Waals surface area contributed by atoms with Crippen LogP contribution in [0.4, 0.5) is 4.39 Å². The Morgan fingerprint density at radius 1 is 0.946 bits per heavy atom. The van der Waals surface area contributed by atoms with Crippen molar-refractivity contribution < 1.29 is 18.3 Å². The smallest absolute Gasteiger partial charge is 0.231 e. The summed E-state index contributed by atoms with van der Waals surface area (Å²) in [7, 11) is 1.50. The molecule has 1 fully saturated rings. The molecule has 1 aliphatic rings. The fourth-order valence-electron chi connectivity index (χ4n) is 3.59. The molecular weight excluding hydrogens is 471 g/mol. The zero-order valence-electron chi connectivity index (χ0n) is 22.5. The number of nitrogens with two attached hydrogens (primary N) is 1. The van der Waals surface area contributed by atoms with E-state index in [4.69, 9.17) is 13.9 Å². The van der Waals surface area contributed by atoms with Crippen LogP contribution in [0.2, 0.25) is 0 Å². The average molecular weight is 511 g/mol. The minimum Gasteiger partial charge on any atom is -0.492 e. The Morgan fingerprint density at radius 2 is 1.62 bits per heavy atom. The van der Waals surface area contributed by atoms with Crippen molar-refractivity contribution in [3.8, 4) is 28.3 Å². The highest BCUT2D eigenvalue weighted by atomic mass is 19.1. The van der Waals surface area contributed by atoms with E-state index in [1.54, 1.807) is 24.4 Å². The van der Waals surface area contributed by atoms with E-state index in [0.29, 0.717) is 23.4 Å². The van der Waals surface area contributed by atoms with Crippen molar-refractivity contribution in [3.63, 3.8) is 0 Å². The van der Waals surface area contributed by atoms with E-state index in [1.807, 2.05) is 58.0 Å². The summed E-state index contributed by atoms with van der Waals surface area (Å²) in [6.07, 6.45) is 1.74. The molecule has 0 aliphatic carbocycles. The predicted octanol–water partition coefficient (Wildman–Crippen LogP) is 6.03. The molecule has 4 aromatic rings. The number of hydrogen-bond acceptors (Lipinski definition) is 7. The first-order valence-electron chi connectivity index (χ1n) is 12.9. The third-order valence-corrected chi connectivity index (χ3v) is 5.32. The van der Waals surface area contributed by atoms with Gasteiger partial charge in [0, 0.05) is 31.4 Å². The molecular formula is C29H39FN4O3. The SMILES string of the molecule is CC.CC.CN.Fc1ccccc1-c1nc2ncc(-c3ccc(OCCN4CCOCC4)cc3)cc2o1. The van der Waals surface area contributed by atoms with E-state index < -0.39 is 0 Å². The molecule has 7 nitrogen and oxygen atoms in total. The Balaban J connectivity index is 0.000000750. The van der Waals surface area contributed by atoms with Crippen molar-refractivity contribution in [3.05, 3.63) is 66.6 Å². The maximum atomic E-state index is 14.0. The zero-order valence-corrected chi connectivity index (χ0v) is 22.5. The number of benzene rings is 2. The van der Waals surface area contributed by atoms with Crippen LogP contribution >= 0.6 is 0 Å². The number of hydrogen-bond donors (Lipinski definition) is 1. The van der Waals surface area contributed by atoms with Gasteiger partial charge in [-0.2, -0.15) is 4.98 Å². The van der Waals surface area contributed by atoms with Crippen molar-refractivity contribution in [1.29, 1.82) is 0 Å². The lowest BCUT2D eigenvalue weighted by Gasteiger charge is -2.26. The summed E-state index contributed by atoms with van der Waals surface area (Å²) in [5, 5.41) is 0. The number of fused-ring (bicyclic) bond motifs is 1. The van der Waals surface area contributed by atoms with Gasteiger partial charge >= 0.3 is 0 Å². The van der Waals surface area contributed by atoms with Crippen molar-refractivity contribution >= 4 is 11.2 Å². The number of ether oxygens (including phenoxy) is 2. The fraction of sp³-hybridized carbons (Fsp3) is 0.379. The van der Waals surface area contributed by atoms with Gasteiger partial charge in [0.15, 0.2) is 11.2 Å². The number of nitrogens with zero attached hydrogens (tertiary/aromatic N) is 3. The summed E-state index contributed by atoms with van der Waals surface area (Å²) < 4.78 is 31.1. The van der Waals surface area contributed by atoms with E-state index in [2.05, 4.69) is 20.6 Å². The van der Waals surface area contributed by atoms with Crippen molar-refractivity contribution in [2.75, 3.05) is 46.5 Å². The van der Waals surface area contributed by atoms with Crippen molar-refractivity contribution in [2.24, 2.45) is 5.73 Å². The van der Waals surface area contributed by atoms with Gasteiger partial charge in [0.1, 0.15) is 18.2 Å². The highest BCUT2D eigenvalue weighted by Gasteiger charge is 2.14. The Kier molecular flexibility index (Phi) is 13.3. The second kappa shape index (κ2) is 16.4. The fourth-order valence-corrected chi connectivity index (χ4v) is 3.59. The molecule has 0 unspecified atom stereocenters. The first-order valence-corrected chi connectivity index (χ1v) is 12.9. The zero-order chi connectivity index (χ0) is 27.0. The molecule has 0 atom stereocenters. The summed E-state index contributed by atoms with van der Waals surface area (Å²) in [5.74, 6) is 0.674. The molecule has 3 heterocycles. The summed E-state index contributed by atoms with van der Waals surface area (Å²) >= 11 is 0. The molecule has 0 bridgehead atoms. The van der Waals surface area contributed by atoms with E-state index in [0.717, 1.165) is 49.7 Å². The van der Waals surface area contributed by atoms with Crippen LogP contribution in [0.3, 0.4) is 0 Å². The first-order chi connectivity index (χ1) is 18.3. The Hall–Kier alpha value is -3.33. The minimum atomic E-state index is -0.376. The van der Waals surface area contributed by atoms with Crippen LogP contribution in [0.5, 0.6) is 5.75 Å². The molecule has 8 heteroatoms. The molecule has 200 valence electrons. The van der Waals surface area contributed by atoms with Crippen LogP contribution in [-0.4, -0.2) is 61.4 Å². The Labute approximate surface area is 219 Å². The highest BCUT2D eigenvalue weighted by Crippen LogP contribution is 2.29. The van der Waals surface area contributed by atoms with Gasteiger partial charge in [-0.1, -0.05) is 52.0 Å². The number of pyridine rings is 1. The summed E-state index contributed by atoms with van der Waals surface area (Å²) in [4.78, 5) is 11.0. The van der Waals surface area contributed by atoms with Crippen LogP contribution in [0.15, 0.2) is 65.2 Å². The van der Waals surface area contributed by atoms with Crippen LogP contribution in [0, 0.1) is 5.82 Å². The summed E-state index contributed by atoms with van der Waals surface area (Å²) in [6, 6.07) is 16.1. The van der Waals surface area contributed by atoms with Crippen molar-refractivity contribution in [2.45, 2.75) is 27.7 Å². The van der Waals surface area contributed by atoms with Crippen LogP contribution in [-0.2, 0) is 4.74 Å². The molecule has 0 saturated carbocycles. The Morgan fingerprint density at radius 3 is 2.30 bits per heavy atom. The largest absolute Gasteiger partial charge is 0.492 e. The predicted molar refractivity (Wildman–Crippen MR) is 148 cm³/mol. The van der Waals surface area contributed by atoms with E-state index in [9.17, 15) is 4.39 Å². The van der Waals surface area contributed by atoms with Gasteiger partial charge in [0.2, 0.25) is 5.89 Å². The molecule has 1 aliphatic heterocycles. The van der Waals surface area contributed by atoms with Crippen LogP contribution in [0.25, 0.3) is 33.8 Å². The molecule has 37 heavy (non-hydrogen) atoms. The van der Waals surface area contributed by atoms with Crippen molar-refractivity contribution in [1.82, 2.24) is 14.9 Å². The summed E-state index contributed by atoms with van der Waals surface area (Å²) in [6.45, 7) is 13.0. The molecule has 0 amide bonds. The molecule has 2 aromatic heterocycles. The monoisotopic (exact) mass is 510 g/mol. The number of oxazole rings is 1. The molecule has 1 saturated heterocycles. The third kappa shape index (κ3) is 8.35. The summed E-state index contributed by atoms with van der Waals surface area (Å²) in [5.41, 5.74) is 7.66. The number of halogens is 1. The topological polar surface area (TPSA) is 86.6 Å².